The number of hydrogen-bond donors (Lipinski definition) is 1. The fraction of sp³-hybridized carbons (Fsp3) is 0.375. The number of carbonyl (C=O) groups excluding carboxylic acids is 1. The minimum Gasteiger partial charge on any atom is -0.508 e. The number of ether oxygens (including phenoxy) is 1. The predicted octanol–water partition coefficient (Wildman–Crippen LogP) is 5.42. The van der Waals surface area contributed by atoms with Gasteiger partial charge in [-0.05, 0) is 61.3 Å². The Balaban J connectivity index is 1.51. The van der Waals surface area contributed by atoms with Crippen LogP contribution in [0.3, 0.4) is 0 Å². The molecule has 1 heterocycles. The maximum absolute atomic E-state index is 12.4. The Bertz CT molecular complexity index is 880. The fourth-order valence-corrected chi connectivity index (χ4v) is 4.27. The van der Waals surface area contributed by atoms with Crippen LogP contribution in [0.2, 0.25) is 0 Å². The van der Waals surface area contributed by atoms with Crippen molar-refractivity contribution in [3.63, 3.8) is 0 Å². The third kappa shape index (κ3) is 3.64. The van der Waals surface area contributed by atoms with Gasteiger partial charge in [-0.1, -0.05) is 37.3 Å². The highest BCUT2D eigenvalue weighted by Gasteiger charge is 2.29. The third-order valence-corrected chi connectivity index (χ3v) is 5.79. The largest absolute Gasteiger partial charge is 0.508 e. The Morgan fingerprint density at radius 1 is 1.15 bits per heavy atom. The molecule has 1 N–H and O–H groups in total. The van der Waals surface area contributed by atoms with E-state index in [9.17, 15) is 9.90 Å². The number of Topliss-reactive ketones (excluding diaryl/α,β-unsaturated/α-hetero) is 1. The molecule has 0 saturated heterocycles. The zero-order chi connectivity index (χ0) is 18.8. The van der Waals surface area contributed by atoms with Crippen molar-refractivity contribution in [2.75, 3.05) is 6.61 Å². The van der Waals surface area contributed by atoms with Crippen LogP contribution in [0.5, 0.6) is 11.5 Å². The minimum atomic E-state index is 0.184. The van der Waals surface area contributed by atoms with Crippen molar-refractivity contribution in [1.29, 1.82) is 0 Å². The number of phenols is 1. The molecular weight excluding hydrogens is 336 g/mol. The molecule has 140 valence electrons. The Morgan fingerprint density at radius 3 is 2.78 bits per heavy atom. The van der Waals surface area contributed by atoms with E-state index in [-0.39, 0.29) is 17.5 Å². The van der Waals surface area contributed by atoms with Gasteiger partial charge in [-0.3, -0.25) is 4.79 Å². The van der Waals surface area contributed by atoms with Gasteiger partial charge in [0.05, 0.1) is 0 Å². The molecule has 1 atom stereocenters. The van der Waals surface area contributed by atoms with Crippen molar-refractivity contribution < 1.29 is 14.6 Å². The van der Waals surface area contributed by atoms with Crippen LogP contribution >= 0.6 is 0 Å². The monoisotopic (exact) mass is 362 g/mol. The van der Waals surface area contributed by atoms with E-state index in [4.69, 9.17) is 4.74 Å². The van der Waals surface area contributed by atoms with Gasteiger partial charge in [-0.25, -0.2) is 0 Å². The summed E-state index contributed by atoms with van der Waals surface area (Å²) in [4.78, 5) is 12.4. The van der Waals surface area contributed by atoms with Crippen LogP contribution in [-0.2, 0) is 11.2 Å². The highest BCUT2D eigenvalue weighted by atomic mass is 16.5. The van der Waals surface area contributed by atoms with Gasteiger partial charge in [0.15, 0.2) is 5.78 Å². The number of rotatable bonds is 5. The van der Waals surface area contributed by atoms with E-state index in [1.807, 2.05) is 12.1 Å². The van der Waals surface area contributed by atoms with E-state index in [0.717, 1.165) is 60.1 Å². The summed E-state index contributed by atoms with van der Waals surface area (Å²) in [7, 11) is 0. The van der Waals surface area contributed by atoms with Crippen molar-refractivity contribution in [1.82, 2.24) is 0 Å². The summed E-state index contributed by atoms with van der Waals surface area (Å²) < 4.78 is 5.94. The summed E-state index contributed by atoms with van der Waals surface area (Å²) in [6.45, 7) is 2.65. The summed E-state index contributed by atoms with van der Waals surface area (Å²) in [5.74, 6) is 1.44. The molecule has 3 nitrogen and oxygen atoms in total. The van der Waals surface area contributed by atoms with Gasteiger partial charge in [0.2, 0.25) is 0 Å². The summed E-state index contributed by atoms with van der Waals surface area (Å²) in [6, 6.07) is 14.2. The average Bonchev–Trinajstić information content (AvgIpc) is 2.68. The Labute approximate surface area is 160 Å². The minimum absolute atomic E-state index is 0.184. The van der Waals surface area contributed by atoms with Crippen LogP contribution in [0, 0.1) is 0 Å². The number of benzene rings is 2. The van der Waals surface area contributed by atoms with Gasteiger partial charge in [0, 0.05) is 23.1 Å². The normalized spacial score (nSPS) is 17.1. The zero-order valence-electron chi connectivity index (χ0n) is 15.8. The third-order valence-electron chi connectivity index (χ3n) is 5.79. The van der Waals surface area contributed by atoms with Gasteiger partial charge in [-0.15, -0.1) is 0 Å². The maximum Gasteiger partial charge on any atom is 0.163 e. The Kier molecular flexibility index (Phi) is 5.02. The highest BCUT2D eigenvalue weighted by Crippen LogP contribution is 2.43. The van der Waals surface area contributed by atoms with E-state index < -0.39 is 0 Å². The van der Waals surface area contributed by atoms with Crippen LogP contribution in [0.15, 0.2) is 48.0 Å². The van der Waals surface area contributed by atoms with Gasteiger partial charge in [-0.2, -0.15) is 0 Å². The molecule has 1 aliphatic carbocycles. The quantitative estimate of drug-likeness (QED) is 0.773. The van der Waals surface area contributed by atoms with Crippen molar-refractivity contribution >= 4 is 11.4 Å². The first-order valence-electron chi connectivity index (χ1n) is 9.92. The number of fused-ring (bicyclic) bond motifs is 2. The lowest BCUT2D eigenvalue weighted by atomic mass is 9.83. The number of aryl methyl sites for hydroxylation is 1. The van der Waals surface area contributed by atoms with Crippen LogP contribution in [0.25, 0.3) is 5.57 Å². The van der Waals surface area contributed by atoms with Crippen LogP contribution in [0.4, 0.5) is 0 Å². The number of hydrogen-bond acceptors (Lipinski definition) is 3. The first kappa shape index (κ1) is 17.8. The lowest BCUT2D eigenvalue weighted by Gasteiger charge is -2.28. The summed E-state index contributed by atoms with van der Waals surface area (Å²) >= 11 is 0. The molecule has 2 aromatic rings. The number of ketones is 1. The van der Waals surface area contributed by atoms with Crippen molar-refractivity contribution in [3.05, 3.63) is 64.7 Å². The second kappa shape index (κ2) is 7.59. The molecule has 0 spiro atoms. The molecule has 2 aliphatic rings. The predicted molar refractivity (Wildman–Crippen MR) is 107 cm³/mol. The number of phenolic OH excluding ortho intramolecular Hbond substituents is 1. The molecule has 0 aromatic heterocycles. The van der Waals surface area contributed by atoms with Crippen LogP contribution in [0.1, 0.15) is 61.6 Å². The van der Waals surface area contributed by atoms with Gasteiger partial charge >= 0.3 is 0 Å². The molecule has 2 aromatic carbocycles. The second-order valence-electron chi connectivity index (χ2n) is 7.73. The second-order valence-corrected chi connectivity index (χ2v) is 7.73. The van der Waals surface area contributed by atoms with Gasteiger partial charge in [0.1, 0.15) is 18.1 Å². The van der Waals surface area contributed by atoms with Crippen molar-refractivity contribution in [2.24, 2.45) is 0 Å². The van der Waals surface area contributed by atoms with E-state index in [1.165, 1.54) is 5.56 Å². The molecule has 0 radical (unpaired) electrons. The number of carbonyl (C=O) groups is 1. The summed E-state index contributed by atoms with van der Waals surface area (Å²) in [6.07, 6.45) is 5.51. The molecule has 3 heteroatoms. The molecule has 0 saturated carbocycles. The molecule has 1 unspecified atom stereocenters. The molecular formula is C24H26O3. The number of allylic oxidation sites excluding steroid dienone is 1. The molecule has 4 rings (SSSR count). The molecule has 0 fully saturated rings. The SMILES string of the molecule is CC(CCCc1ccccc1)c1cc2c(cc1O)C1=C(CCCC1=O)CO2. The van der Waals surface area contributed by atoms with Gasteiger partial charge < -0.3 is 9.84 Å². The molecule has 1 aliphatic heterocycles. The summed E-state index contributed by atoms with van der Waals surface area (Å²) in [5, 5.41) is 10.6. The Hall–Kier alpha value is -2.55. The van der Waals surface area contributed by atoms with E-state index in [1.54, 1.807) is 6.07 Å². The smallest absolute Gasteiger partial charge is 0.163 e. The molecule has 27 heavy (non-hydrogen) atoms. The van der Waals surface area contributed by atoms with Crippen LogP contribution < -0.4 is 4.74 Å². The topological polar surface area (TPSA) is 46.5 Å². The first-order valence-corrected chi connectivity index (χ1v) is 9.92. The summed E-state index contributed by atoms with van der Waals surface area (Å²) in [5.41, 5.74) is 4.91. The Morgan fingerprint density at radius 2 is 1.96 bits per heavy atom. The van der Waals surface area contributed by atoms with E-state index in [2.05, 4.69) is 31.2 Å². The average molecular weight is 362 g/mol. The zero-order valence-corrected chi connectivity index (χ0v) is 15.8. The lowest BCUT2D eigenvalue weighted by Crippen LogP contribution is -2.20. The highest BCUT2D eigenvalue weighted by molar-refractivity contribution is 6.23. The van der Waals surface area contributed by atoms with Gasteiger partial charge in [0.25, 0.3) is 0 Å². The van der Waals surface area contributed by atoms with E-state index in [0.29, 0.717) is 13.0 Å². The standard InChI is InChI=1S/C24H26O3/c1-16(7-5-10-17-8-3-2-4-9-17)19-14-23-20(13-22(19)26)24-18(15-27-23)11-6-12-21(24)25/h2-4,8-9,13-14,16,26H,5-7,10-12,15H2,1H3. The molecule has 0 amide bonds. The lowest BCUT2D eigenvalue weighted by molar-refractivity contribution is -0.114. The van der Waals surface area contributed by atoms with Crippen molar-refractivity contribution in [3.8, 4) is 11.5 Å². The molecule has 0 bridgehead atoms. The first-order chi connectivity index (χ1) is 13.1. The van der Waals surface area contributed by atoms with E-state index >= 15 is 0 Å². The van der Waals surface area contributed by atoms with Crippen LogP contribution in [-0.4, -0.2) is 17.5 Å². The van der Waals surface area contributed by atoms with Crippen molar-refractivity contribution in [2.45, 2.75) is 51.4 Å². The fourth-order valence-electron chi connectivity index (χ4n) is 4.27. The number of aromatic hydroxyl groups is 1. The maximum atomic E-state index is 12.4.